The Hall–Kier alpha value is -3.56. The van der Waals surface area contributed by atoms with E-state index in [1.54, 1.807) is 55.1 Å². The van der Waals surface area contributed by atoms with Gasteiger partial charge >= 0.3 is 5.97 Å². The van der Waals surface area contributed by atoms with Crippen LogP contribution in [0.25, 0.3) is 32.3 Å². The lowest BCUT2D eigenvalue weighted by molar-refractivity contribution is -0.142. The maximum atomic E-state index is 12.4. The molecule has 4 aromatic rings. The number of rotatable bonds is 7. The van der Waals surface area contributed by atoms with Crippen LogP contribution in [0.3, 0.4) is 0 Å². The SMILES string of the molecule is CN(C)C(=O)c1cc2c(-c3ccc(-c4cnn(CC(C(=O)O)N(C)C)c4)cc3)cncc2s1. The molecule has 9 heteroatoms. The fraction of sp³-hybridized carbons (Fsp3) is 0.250. The highest BCUT2D eigenvalue weighted by atomic mass is 32.1. The number of nitrogens with zero attached hydrogens (tertiary/aromatic N) is 5. The number of hydrogen-bond acceptors (Lipinski definition) is 6. The summed E-state index contributed by atoms with van der Waals surface area (Å²) in [5.74, 6) is -0.901. The molecule has 0 spiro atoms. The van der Waals surface area contributed by atoms with E-state index in [9.17, 15) is 14.7 Å². The number of fused-ring (bicyclic) bond motifs is 1. The number of carboxylic acids is 1. The zero-order valence-electron chi connectivity index (χ0n) is 18.9. The van der Waals surface area contributed by atoms with E-state index in [-0.39, 0.29) is 12.5 Å². The van der Waals surface area contributed by atoms with Gasteiger partial charge in [-0.3, -0.25) is 24.2 Å². The average Bonchev–Trinajstić information content (AvgIpc) is 3.43. The van der Waals surface area contributed by atoms with E-state index in [2.05, 4.69) is 10.1 Å². The van der Waals surface area contributed by atoms with Gasteiger partial charge in [-0.25, -0.2) is 0 Å². The number of thiophene rings is 1. The highest BCUT2D eigenvalue weighted by Crippen LogP contribution is 2.34. The Bertz CT molecular complexity index is 1310. The van der Waals surface area contributed by atoms with Gasteiger partial charge in [-0.1, -0.05) is 24.3 Å². The Kier molecular flexibility index (Phi) is 6.26. The minimum Gasteiger partial charge on any atom is -0.480 e. The first-order valence-electron chi connectivity index (χ1n) is 10.4. The highest BCUT2D eigenvalue weighted by molar-refractivity contribution is 7.20. The van der Waals surface area contributed by atoms with Crippen LogP contribution in [0.5, 0.6) is 0 Å². The largest absolute Gasteiger partial charge is 0.480 e. The van der Waals surface area contributed by atoms with Crippen LogP contribution in [0.1, 0.15) is 9.67 Å². The van der Waals surface area contributed by atoms with E-state index < -0.39 is 12.0 Å². The highest BCUT2D eigenvalue weighted by Gasteiger charge is 2.21. The summed E-state index contributed by atoms with van der Waals surface area (Å²) in [4.78, 5) is 32.1. The van der Waals surface area contributed by atoms with Crippen molar-refractivity contribution in [3.63, 3.8) is 0 Å². The third-order valence-corrected chi connectivity index (χ3v) is 6.55. The van der Waals surface area contributed by atoms with Crippen molar-refractivity contribution in [3.8, 4) is 22.3 Å². The van der Waals surface area contributed by atoms with E-state index in [0.717, 1.165) is 32.3 Å². The van der Waals surface area contributed by atoms with Crippen LogP contribution in [-0.4, -0.2) is 75.8 Å². The van der Waals surface area contributed by atoms with Crippen LogP contribution in [0, 0.1) is 0 Å². The molecule has 1 atom stereocenters. The van der Waals surface area contributed by atoms with E-state index in [4.69, 9.17) is 0 Å². The van der Waals surface area contributed by atoms with Crippen molar-refractivity contribution >= 4 is 33.3 Å². The number of aliphatic carboxylic acids is 1. The number of carbonyl (C=O) groups excluding carboxylic acids is 1. The average molecular weight is 464 g/mol. The fourth-order valence-electron chi connectivity index (χ4n) is 3.61. The summed E-state index contributed by atoms with van der Waals surface area (Å²) in [7, 11) is 6.97. The van der Waals surface area contributed by atoms with E-state index in [1.807, 2.05) is 42.7 Å². The van der Waals surface area contributed by atoms with Crippen molar-refractivity contribution in [1.82, 2.24) is 24.6 Å². The van der Waals surface area contributed by atoms with Crippen molar-refractivity contribution in [2.45, 2.75) is 12.6 Å². The first-order chi connectivity index (χ1) is 15.7. The lowest BCUT2D eigenvalue weighted by Gasteiger charge is -2.19. The molecule has 0 aliphatic rings. The lowest BCUT2D eigenvalue weighted by Crippen LogP contribution is -2.39. The van der Waals surface area contributed by atoms with Gasteiger partial charge in [0, 0.05) is 49.2 Å². The maximum absolute atomic E-state index is 12.4. The Morgan fingerprint density at radius 1 is 1.03 bits per heavy atom. The fourth-order valence-corrected chi connectivity index (χ4v) is 4.69. The first-order valence-corrected chi connectivity index (χ1v) is 11.2. The summed E-state index contributed by atoms with van der Waals surface area (Å²) in [5.41, 5.74) is 3.87. The number of likely N-dealkylation sites (N-methyl/N-ethyl adjacent to an activating group) is 1. The Labute approximate surface area is 195 Å². The molecular weight excluding hydrogens is 438 g/mol. The molecule has 1 aromatic carbocycles. The van der Waals surface area contributed by atoms with Crippen LogP contribution in [0.4, 0.5) is 0 Å². The molecule has 170 valence electrons. The predicted octanol–water partition coefficient (Wildman–Crippen LogP) is 3.54. The van der Waals surface area contributed by atoms with Crippen molar-refractivity contribution in [3.05, 3.63) is 60.0 Å². The van der Waals surface area contributed by atoms with Crippen molar-refractivity contribution in [2.75, 3.05) is 28.2 Å². The molecule has 3 aromatic heterocycles. The van der Waals surface area contributed by atoms with Gasteiger partial charge in [-0.2, -0.15) is 5.10 Å². The molecule has 0 saturated heterocycles. The molecule has 1 amide bonds. The number of carbonyl (C=O) groups is 2. The summed E-state index contributed by atoms with van der Waals surface area (Å²) in [6.07, 6.45) is 7.20. The summed E-state index contributed by atoms with van der Waals surface area (Å²) in [5, 5.41) is 14.7. The molecule has 0 fully saturated rings. The van der Waals surface area contributed by atoms with Crippen LogP contribution in [0.15, 0.2) is 55.1 Å². The first kappa shape index (κ1) is 22.6. The van der Waals surface area contributed by atoms with Gasteiger partial charge in [-0.05, 0) is 31.3 Å². The quantitative estimate of drug-likeness (QED) is 0.451. The standard InChI is InChI=1S/C24H25N5O3S/c1-27(2)20(24(31)32)14-29-13-17(10-26-29)15-5-7-16(8-6-15)19-11-25-12-22-18(19)9-21(33-22)23(30)28(3)4/h5-13,20H,14H2,1-4H3,(H,31,32). The predicted molar refractivity (Wildman–Crippen MR) is 129 cm³/mol. The minimum absolute atomic E-state index is 0.0195. The number of amides is 1. The normalized spacial score (nSPS) is 12.3. The molecule has 0 bridgehead atoms. The van der Waals surface area contributed by atoms with E-state index in [0.29, 0.717) is 4.88 Å². The van der Waals surface area contributed by atoms with E-state index >= 15 is 0 Å². The summed E-state index contributed by atoms with van der Waals surface area (Å²) < 4.78 is 2.62. The van der Waals surface area contributed by atoms with Gasteiger partial charge in [0.2, 0.25) is 0 Å². The second-order valence-electron chi connectivity index (χ2n) is 8.26. The molecule has 0 radical (unpaired) electrons. The third-order valence-electron chi connectivity index (χ3n) is 5.49. The Morgan fingerprint density at radius 3 is 2.36 bits per heavy atom. The summed E-state index contributed by atoms with van der Waals surface area (Å²) >= 11 is 1.44. The Morgan fingerprint density at radius 2 is 1.73 bits per heavy atom. The molecule has 3 heterocycles. The monoisotopic (exact) mass is 463 g/mol. The summed E-state index contributed by atoms with van der Waals surface area (Å²) in [6.45, 7) is 0.264. The van der Waals surface area contributed by atoms with Gasteiger partial charge < -0.3 is 10.0 Å². The number of carboxylic acid groups (broad SMARTS) is 1. The minimum atomic E-state index is -0.881. The molecule has 0 aliphatic heterocycles. The smallest absolute Gasteiger partial charge is 0.322 e. The molecule has 1 unspecified atom stereocenters. The molecule has 0 saturated carbocycles. The topological polar surface area (TPSA) is 91.6 Å². The molecular formula is C24H25N5O3S. The van der Waals surface area contributed by atoms with Crippen molar-refractivity contribution in [2.24, 2.45) is 0 Å². The number of pyridine rings is 1. The molecule has 33 heavy (non-hydrogen) atoms. The van der Waals surface area contributed by atoms with Crippen molar-refractivity contribution in [1.29, 1.82) is 0 Å². The maximum Gasteiger partial charge on any atom is 0.322 e. The molecule has 4 rings (SSSR count). The van der Waals surface area contributed by atoms with Crippen LogP contribution < -0.4 is 0 Å². The number of benzene rings is 1. The van der Waals surface area contributed by atoms with Gasteiger partial charge in [0.05, 0.1) is 22.3 Å². The number of aromatic nitrogens is 3. The van der Waals surface area contributed by atoms with E-state index in [1.165, 1.54) is 11.3 Å². The van der Waals surface area contributed by atoms with Gasteiger partial charge in [0.15, 0.2) is 0 Å². The van der Waals surface area contributed by atoms with Gasteiger partial charge in [0.25, 0.3) is 5.91 Å². The molecule has 8 nitrogen and oxygen atoms in total. The van der Waals surface area contributed by atoms with Gasteiger partial charge in [0.1, 0.15) is 6.04 Å². The molecule has 1 N–H and O–H groups in total. The molecule has 0 aliphatic carbocycles. The van der Waals surface area contributed by atoms with Crippen molar-refractivity contribution < 1.29 is 14.7 Å². The van der Waals surface area contributed by atoms with Crippen LogP contribution >= 0.6 is 11.3 Å². The second kappa shape index (κ2) is 9.13. The number of hydrogen-bond donors (Lipinski definition) is 1. The zero-order valence-corrected chi connectivity index (χ0v) is 19.7. The van der Waals surface area contributed by atoms with Gasteiger partial charge in [-0.15, -0.1) is 11.3 Å². The van der Waals surface area contributed by atoms with Crippen LogP contribution in [0.2, 0.25) is 0 Å². The van der Waals surface area contributed by atoms with Crippen LogP contribution in [-0.2, 0) is 11.3 Å². The Balaban J connectivity index is 1.60. The summed E-state index contributed by atoms with van der Waals surface area (Å²) in [6, 6.07) is 9.34. The lowest BCUT2D eigenvalue weighted by atomic mass is 10.0. The zero-order chi connectivity index (χ0) is 23.7. The second-order valence-corrected chi connectivity index (χ2v) is 9.34. The third kappa shape index (κ3) is 4.64.